The highest BCUT2D eigenvalue weighted by Gasteiger charge is 2.26. The van der Waals surface area contributed by atoms with Crippen LogP contribution in [0.25, 0.3) is 0 Å². The van der Waals surface area contributed by atoms with E-state index in [0.717, 1.165) is 13.1 Å². The van der Waals surface area contributed by atoms with Crippen molar-refractivity contribution in [2.24, 2.45) is 0 Å². The lowest BCUT2D eigenvalue weighted by Gasteiger charge is -2.42. The van der Waals surface area contributed by atoms with Crippen molar-refractivity contribution in [1.29, 1.82) is 0 Å². The van der Waals surface area contributed by atoms with Gasteiger partial charge in [0.05, 0.1) is 6.04 Å². The lowest BCUT2D eigenvalue weighted by Crippen LogP contribution is -2.53. The molecule has 1 aromatic carbocycles. The molecule has 2 rings (SSSR count). The predicted molar refractivity (Wildman–Crippen MR) is 120 cm³/mol. The maximum Gasteiger partial charge on any atom is 0.0611 e. The number of para-hydroxylation sites is 1. The fourth-order valence-electron chi connectivity index (χ4n) is 2.23. The summed E-state index contributed by atoms with van der Waals surface area (Å²) in [6.07, 6.45) is 0. The number of nitrogens with one attached hydrogen (secondary N) is 1. The molecular formula is C23H44N2. The van der Waals surface area contributed by atoms with Gasteiger partial charge in [0.2, 0.25) is 0 Å². The van der Waals surface area contributed by atoms with Crippen LogP contribution in [-0.2, 0) is 0 Å². The van der Waals surface area contributed by atoms with Gasteiger partial charge in [-0.25, -0.2) is 0 Å². The quantitative estimate of drug-likeness (QED) is 0.573. The van der Waals surface area contributed by atoms with E-state index in [1.165, 1.54) is 16.9 Å². The molecule has 1 N–H and O–H groups in total. The Bertz CT molecular complexity index is 418. The summed E-state index contributed by atoms with van der Waals surface area (Å²) in [5.74, 6) is 0.566. The second kappa shape index (κ2) is 18.6. The van der Waals surface area contributed by atoms with E-state index in [1.807, 2.05) is 41.5 Å². The smallest absolute Gasteiger partial charge is 0.0611 e. The van der Waals surface area contributed by atoms with Crippen molar-refractivity contribution in [3.63, 3.8) is 0 Å². The van der Waals surface area contributed by atoms with Gasteiger partial charge in [-0.15, -0.1) is 13.2 Å². The molecule has 2 heteroatoms. The molecule has 1 aliphatic rings. The molecule has 0 spiro atoms. The molecule has 0 bridgehead atoms. The Morgan fingerprint density at radius 3 is 1.84 bits per heavy atom. The number of hydrogen-bond donors (Lipinski definition) is 1. The summed E-state index contributed by atoms with van der Waals surface area (Å²) in [6.45, 7) is 30.6. The van der Waals surface area contributed by atoms with Gasteiger partial charge >= 0.3 is 0 Å². The van der Waals surface area contributed by atoms with Crippen LogP contribution in [0.5, 0.6) is 0 Å². The van der Waals surface area contributed by atoms with Crippen LogP contribution in [0.3, 0.4) is 0 Å². The van der Waals surface area contributed by atoms with Gasteiger partial charge in [0.15, 0.2) is 0 Å². The van der Waals surface area contributed by atoms with Gasteiger partial charge in [0.25, 0.3) is 0 Å². The number of anilines is 1. The molecule has 0 radical (unpaired) electrons. The molecule has 1 aliphatic heterocycles. The van der Waals surface area contributed by atoms with E-state index in [0.29, 0.717) is 12.0 Å². The highest BCUT2D eigenvalue weighted by atomic mass is 15.2. The van der Waals surface area contributed by atoms with Gasteiger partial charge in [0, 0.05) is 24.5 Å². The molecule has 0 saturated carbocycles. The molecule has 0 aromatic heterocycles. The van der Waals surface area contributed by atoms with E-state index < -0.39 is 0 Å². The number of rotatable bonds is 4. The molecule has 1 fully saturated rings. The van der Waals surface area contributed by atoms with Crippen LogP contribution in [0.4, 0.5) is 5.69 Å². The normalized spacial score (nSPS) is 11.7. The van der Waals surface area contributed by atoms with Crippen LogP contribution in [-0.4, -0.2) is 24.0 Å². The summed E-state index contributed by atoms with van der Waals surface area (Å²) in [6, 6.07) is 9.16. The third-order valence-electron chi connectivity index (χ3n) is 3.36. The van der Waals surface area contributed by atoms with Crippen molar-refractivity contribution in [3.05, 3.63) is 55.3 Å². The Balaban J connectivity index is -0.000000533. The minimum absolute atomic E-state index is 0.562. The molecule has 2 nitrogen and oxygen atoms in total. The van der Waals surface area contributed by atoms with E-state index in [9.17, 15) is 0 Å². The van der Waals surface area contributed by atoms with Gasteiger partial charge in [-0.3, -0.25) is 0 Å². The van der Waals surface area contributed by atoms with Crippen molar-refractivity contribution >= 4 is 5.69 Å². The monoisotopic (exact) mass is 348 g/mol. The van der Waals surface area contributed by atoms with E-state index in [1.54, 1.807) is 0 Å². The summed E-state index contributed by atoms with van der Waals surface area (Å²) in [7, 11) is 0. The fraction of sp³-hybridized carbons (Fsp3) is 0.565. The van der Waals surface area contributed by atoms with Gasteiger partial charge < -0.3 is 10.2 Å². The number of benzene rings is 1. The van der Waals surface area contributed by atoms with Gasteiger partial charge in [-0.2, -0.15) is 0 Å². The minimum Gasteiger partial charge on any atom is -0.379 e. The molecule has 0 aliphatic carbocycles. The molecule has 0 amide bonds. The molecule has 146 valence electrons. The van der Waals surface area contributed by atoms with Crippen LogP contribution in [0.1, 0.15) is 73.8 Å². The third kappa shape index (κ3) is 10.7. The fourth-order valence-corrected chi connectivity index (χ4v) is 2.23. The number of likely N-dealkylation sites (tertiary alicyclic amines) is 1. The average Bonchev–Trinajstić information content (AvgIpc) is 2.64. The van der Waals surface area contributed by atoms with Gasteiger partial charge in [0.1, 0.15) is 0 Å². The SMILES string of the molecule is C=C.C=C(C)N1CC(Nc2ccccc2C(C)C)C1.CC.CC.CC. The zero-order chi connectivity index (χ0) is 20.4. The lowest BCUT2D eigenvalue weighted by atomic mass is 9.99. The maximum absolute atomic E-state index is 3.96. The summed E-state index contributed by atoms with van der Waals surface area (Å²) in [5, 5.41) is 3.63. The first kappa shape index (κ1) is 28.1. The van der Waals surface area contributed by atoms with Crippen molar-refractivity contribution < 1.29 is 0 Å². The van der Waals surface area contributed by atoms with Crippen molar-refractivity contribution in [1.82, 2.24) is 4.90 Å². The number of nitrogens with zero attached hydrogens (tertiary/aromatic N) is 1. The van der Waals surface area contributed by atoms with Crippen LogP contribution >= 0.6 is 0 Å². The van der Waals surface area contributed by atoms with Crippen LogP contribution in [0.15, 0.2) is 49.7 Å². The van der Waals surface area contributed by atoms with Crippen LogP contribution < -0.4 is 5.32 Å². The average molecular weight is 349 g/mol. The lowest BCUT2D eigenvalue weighted by molar-refractivity contribution is 0.216. The number of hydrogen-bond acceptors (Lipinski definition) is 2. The Labute approximate surface area is 159 Å². The Morgan fingerprint density at radius 1 is 1.00 bits per heavy atom. The molecule has 1 heterocycles. The van der Waals surface area contributed by atoms with Crippen molar-refractivity contribution in [2.75, 3.05) is 18.4 Å². The molecular weight excluding hydrogens is 304 g/mol. The maximum atomic E-state index is 3.96. The highest BCUT2D eigenvalue weighted by molar-refractivity contribution is 5.53. The van der Waals surface area contributed by atoms with Crippen molar-refractivity contribution in [3.8, 4) is 0 Å². The second-order valence-electron chi connectivity index (χ2n) is 5.22. The summed E-state index contributed by atoms with van der Waals surface area (Å²) in [4.78, 5) is 2.30. The van der Waals surface area contributed by atoms with E-state index in [2.05, 4.69) is 75.0 Å². The van der Waals surface area contributed by atoms with Gasteiger partial charge in [-0.05, 0) is 24.5 Å². The zero-order valence-corrected chi connectivity index (χ0v) is 18.4. The summed E-state index contributed by atoms with van der Waals surface area (Å²) >= 11 is 0. The molecule has 1 aromatic rings. The minimum atomic E-state index is 0.562. The van der Waals surface area contributed by atoms with E-state index in [-0.39, 0.29) is 0 Å². The van der Waals surface area contributed by atoms with Crippen LogP contribution in [0, 0.1) is 0 Å². The molecule has 1 saturated heterocycles. The first-order valence-corrected chi connectivity index (χ1v) is 9.84. The molecule has 0 atom stereocenters. The standard InChI is InChI=1S/C15H22N2.3C2H6.C2H4/c1-11(2)14-7-5-6-8-15(14)16-13-9-17(10-13)12(3)4;4*1-2/h5-8,11,13,16H,3,9-10H2,1-2,4H3;3*1-2H3;1-2H2. The van der Waals surface area contributed by atoms with Crippen LogP contribution in [0.2, 0.25) is 0 Å². The highest BCUT2D eigenvalue weighted by Crippen LogP contribution is 2.26. The van der Waals surface area contributed by atoms with E-state index in [4.69, 9.17) is 0 Å². The Kier molecular flexibility index (Phi) is 21.0. The first-order chi connectivity index (χ1) is 12.1. The third-order valence-corrected chi connectivity index (χ3v) is 3.36. The van der Waals surface area contributed by atoms with E-state index >= 15 is 0 Å². The molecule has 0 unspecified atom stereocenters. The summed E-state index contributed by atoms with van der Waals surface area (Å²) in [5.41, 5.74) is 3.86. The summed E-state index contributed by atoms with van der Waals surface area (Å²) < 4.78 is 0. The second-order valence-corrected chi connectivity index (χ2v) is 5.22. The number of allylic oxidation sites excluding steroid dienone is 1. The largest absolute Gasteiger partial charge is 0.379 e. The Morgan fingerprint density at radius 2 is 1.44 bits per heavy atom. The van der Waals surface area contributed by atoms with Crippen molar-refractivity contribution in [2.45, 2.75) is 74.3 Å². The molecule has 25 heavy (non-hydrogen) atoms. The van der Waals surface area contributed by atoms with Gasteiger partial charge in [-0.1, -0.05) is 80.2 Å². The Hall–Kier alpha value is -1.70. The zero-order valence-electron chi connectivity index (χ0n) is 18.4. The predicted octanol–water partition coefficient (Wildman–Crippen LogP) is 7.32. The topological polar surface area (TPSA) is 15.3 Å². The first-order valence-electron chi connectivity index (χ1n) is 9.84.